The molecule has 2 aromatic rings. The topological polar surface area (TPSA) is 79.5 Å². The van der Waals surface area contributed by atoms with Gasteiger partial charge in [-0.15, -0.1) is 0 Å². The zero-order valence-corrected chi connectivity index (χ0v) is 15.5. The highest BCUT2D eigenvalue weighted by Crippen LogP contribution is 2.27. The molecule has 0 saturated heterocycles. The lowest BCUT2D eigenvalue weighted by atomic mass is 10.2. The summed E-state index contributed by atoms with van der Waals surface area (Å²) in [4.78, 5) is 23.9. The van der Waals surface area contributed by atoms with Gasteiger partial charge in [-0.05, 0) is 48.9 Å². The third kappa shape index (κ3) is 5.67. The number of amides is 2. The van der Waals surface area contributed by atoms with E-state index in [0.29, 0.717) is 34.3 Å². The SMILES string of the molecule is CCCNC(=O)c1ccc(NC(=O)CNc2ccc(OC)c(Cl)c2)cc1. The first-order valence-electron chi connectivity index (χ1n) is 8.29. The monoisotopic (exact) mass is 375 g/mol. The van der Waals surface area contributed by atoms with Crippen LogP contribution in [0.5, 0.6) is 5.75 Å². The van der Waals surface area contributed by atoms with E-state index in [2.05, 4.69) is 16.0 Å². The van der Waals surface area contributed by atoms with E-state index < -0.39 is 0 Å². The van der Waals surface area contributed by atoms with Gasteiger partial charge in [-0.3, -0.25) is 9.59 Å². The van der Waals surface area contributed by atoms with Gasteiger partial charge < -0.3 is 20.7 Å². The number of ether oxygens (including phenoxy) is 1. The highest BCUT2D eigenvalue weighted by atomic mass is 35.5. The Labute approximate surface area is 157 Å². The molecule has 7 heteroatoms. The predicted octanol–water partition coefficient (Wildman–Crippen LogP) is 3.54. The molecular formula is C19H22ClN3O3. The Kier molecular flexibility index (Phi) is 7.29. The zero-order chi connectivity index (χ0) is 18.9. The molecule has 0 unspecified atom stereocenters. The third-order valence-corrected chi connectivity index (χ3v) is 3.87. The Morgan fingerprint density at radius 3 is 2.38 bits per heavy atom. The van der Waals surface area contributed by atoms with Gasteiger partial charge in [0, 0.05) is 23.5 Å². The normalized spacial score (nSPS) is 10.1. The molecule has 0 aliphatic rings. The lowest BCUT2D eigenvalue weighted by molar-refractivity contribution is -0.114. The van der Waals surface area contributed by atoms with Crippen LogP contribution >= 0.6 is 11.6 Å². The number of carbonyl (C=O) groups is 2. The van der Waals surface area contributed by atoms with Crippen LogP contribution in [0.25, 0.3) is 0 Å². The summed E-state index contributed by atoms with van der Waals surface area (Å²) in [6.07, 6.45) is 0.881. The van der Waals surface area contributed by atoms with Crippen molar-refractivity contribution in [1.82, 2.24) is 5.32 Å². The van der Waals surface area contributed by atoms with Crippen molar-refractivity contribution in [3.05, 3.63) is 53.1 Å². The Bertz CT molecular complexity index is 763. The highest BCUT2D eigenvalue weighted by molar-refractivity contribution is 6.32. The summed E-state index contributed by atoms with van der Waals surface area (Å²) in [7, 11) is 1.54. The minimum absolute atomic E-state index is 0.0847. The summed E-state index contributed by atoms with van der Waals surface area (Å²) in [5, 5.41) is 9.03. The molecule has 138 valence electrons. The molecule has 0 aliphatic heterocycles. The first kappa shape index (κ1) is 19.6. The van der Waals surface area contributed by atoms with Gasteiger partial charge in [0.05, 0.1) is 18.7 Å². The lowest BCUT2D eigenvalue weighted by Gasteiger charge is -2.10. The number of hydrogen-bond acceptors (Lipinski definition) is 4. The van der Waals surface area contributed by atoms with Gasteiger partial charge in [0.25, 0.3) is 5.91 Å². The quantitative estimate of drug-likeness (QED) is 0.659. The van der Waals surface area contributed by atoms with E-state index in [1.807, 2.05) is 6.92 Å². The summed E-state index contributed by atoms with van der Waals surface area (Å²) in [5.74, 6) is 0.243. The fraction of sp³-hybridized carbons (Fsp3) is 0.263. The third-order valence-electron chi connectivity index (χ3n) is 3.57. The number of nitrogens with one attached hydrogen (secondary N) is 3. The number of benzene rings is 2. The molecule has 0 spiro atoms. The molecule has 0 aliphatic carbocycles. The number of methoxy groups -OCH3 is 1. The maximum absolute atomic E-state index is 12.0. The van der Waals surface area contributed by atoms with Crippen molar-refractivity contribution in [2.24, 2.45) is 0 Å². The molecule has 0 fully saturated rings. The van der Waals surface area contributed by atoms with Gasteiger partial charge in [-0.2, -0.15) is 0 Å². The second-order valence-corrected chi connectivity index (χ2v) is 5.99. The van der Waals surface area contributed by atoms with Crippen molar-refractivity contribution in [3.8, 4) is 5.75 Å². The Morgan fingerprint density at radius 2 is 1.77 bits per heavy atom. The largest absolute Gasteiger partial charge is 0.495 e. The summed E-state index contributed by atoms with van der Waals surface area (Å²) >= 11 is 6.05. The van der Waals surface area contributed by atoms with Crippen LogP contribution in [-0.2, 0) is 4.79 Å². The predicted molar refractivity (Wildman–Crippen MR) is 104 cm³/mol. The molecule has 0 bridgehead atoms. The summed E-state index contributed by atoms with van der Waals surface area (Å²) in [6.45, 7) is 2.71. The molecular weight excluding hydrogens is 354 g/mol. The number of carbonyl (C=O) groups excluding carboxylic acids is 2. The standard InChI is InChI=1S/C19H22ClN3O3/c1-3-10-21-19(25)13-4-6-14(7-5-13)23-18(24)12-22-15-8-9-17(26-2)16(20)11-15/h4-9,11,22H,3,10,12H2,1-2H3,(H,21,25)(H,23,24). The molecule has 0 saturated carbocycles. The molecule has 2 aromatic carbocycles. The molecule has 2 amide bonds. The molecule has 0 heterocycles. The first-order valence-corrected chi connectivity index (χ1v) is 8.66. The van der Waals surface area contributed by atoms with Gasteiger partial charge in [0.1, 0.15) is 5.75 Å². The number of halogens is 1. The van der Waals surface area contributed by atoms with Crippen LogP contribution < -0.4 is 20.7 Å². The number of rotatable bonds is 8. The Balaban J connectivity index is 1.85. The van der Waals surface area contributed by atoms with Crippen molar-refractivity contribution >= 4 is 34.8 Å². The van der Waals surface area contributed by atoms with Crippen LogP contribution in [0.2, 0.25) is 5.02 Å². The highest BCUT2D eigenvalue weighted by Gasteiger charge is 2.07. The molecule has 6 nitrogen and oxygen atoms in total. The Hall–Kier alpha value is -2.73. The van der Waals surface area contributed by atoms with E-state index in [9.17, 15) is 9.59 Å². The maximum atomic E-state index is 12.0. The van der Waals surface area contributed by atoms with Crippen molar-refractivity contribution in [3.63, 3.8) is 0 Å². The fourth-order valence-electron chi connectivity index (χ4n) is 2.21. The molecule has 2 rings (SSSR count). The molecule has 0 aromatic heterocycles. The summed E-state index contributed by atoms with van der Waals surface area (Å²) in [6, 6.07) is 11.9. The van der Waals surface area contributed by atoms with Gasteiger partial charge >= 0.3 is 0 Å². The molecule has 0 atom stereocenters. The average Bonchev–Trinajstić information content (AvgIpc) is 2.65. The van der Waals surface area contributed by atoms with Crippen LogP contribution in [0.1, 0.15) is 23.7 Å². The summed E-state index contributed by atoms with van der Waals surface area (Å²) < 4.78 is 5.09. The fourth-order valence-corrected chi connectivity index (χ4v) is 2.47. The van der Waals surface area contributed by atoms with E-state index in [0.717, 1.165) is 6.42 Å². The number of anilines is 2. The molecule has 3 N–H and O–H groups in total. The molecule has 0 radical (unpaired) electrons. The van der Waals surface area contributed by atoms with E-state index in [4.69, 9.17) is 16.3 Å². The van der Waals surface area contributed by atoms with Gasteiger partial charge in [-0.25, -0.2) is 0 Å². The molecule has 26 heavy (non-hydrogen) atoms. The van der Waals surface area contributed by atoms with Crippen LogP contribution in [-0.4, -0.2) is 32.0 Å². The first-order chi connectivity index (χ1) is 12.5. The average molecular weight is 376 g/mol. The van der Waals surface area contributed by atoms with Crippen LogP contribution in [0.4, 0.5) is 11.4 Å². The van der Waals surface area contributed by atoms with Gasteiger partial charge in [-0.1, -0.05) is 18.5 Å². The van der Waals surface area contributed by atoms with Crippen LogP contribution in [0.15, 0.2) is 42.5 Å². The van der Waals surface area contributed by atoms with Crippen LogP contribution in [0, 0.1) is 0 Å². The van der Waals surface area contributed by atoms with E-state index in [-0.39, 0.29) is 18.4 Å². The second-order valence-electron chi connectivity index (χ2n) is 5.58. The maximum Gasteiger partial charge on any atom is 0.251 e. The smallest absolute Gasteiger partial charge is 0.251 e. The van der Waals surface area contributed by atoms with E-state index in [1.54, 1.807) is 49.6 Å². The lowest BCUT2D eigenvalue weighted by Crippen LogP contribution is -2.24. The second kappa shape index (κ2) is 9.68. The minimum atomic E-state index is -0.208. The van der Waals surface area contributed by atoms with E-state index in [1.165, 1.54) is 0 Å². The van der Waals surface area contributed by atoms with Crippen molar-refractivity contribution in [1.29, 1.82) is 0 Å². The zero-order valence-electron chi connectivity index (χ0n) is 14.8. The van der Waals surface area contributed by atoms with Crippen LogP contribution in [0.3, 0.4) is 0 Å². The van der Waals surface area contributed by atoms with E-state index >= 15 is 0 Å². The van der Waals surface area contributed by atoms with Crippen molar-refractivity contribution in [2.75, 3.05) is 30.8 Å². The van der Waals surface area contributed by atoms with Gasteiger partial charge in [0.15, 0.2) is 0 Å². The summed E-state index contributed by atoms with van der Waals surface area (Å²) in [5.41, 5.74) is 1.90. The Morgan fingerprint density at radius 1 is 1.08 bits per heavy atom. The van der Waals surface area contributed by atoms with Crippen molar-refractivity contribution < 1.29 is 14.3 Å². The van der Waals surface area contributed by atoms with Crippen molar-refractivity contribution in [2.45, 2.75) is 13.3 Å². The van der Waals surface area contributed by atoms with Gasteiger partial charge in [0.2, 0.25) is 5.91 Å². The number of hydrogen-bond donors (Lipinski definition) is 3. The minimum Gasteiger partial charge on any atom is -0.495 e.